The summed E-state index contributed by atoms with van der Waals surface area (Å²) in [7, 11) is 0. The number of hydrogen-bond donors (Lipinski definition) is 0. The van der Waals surface area contributed by atoms with Crippen LogP contribution in [0, 0.1) is 0 Å². The number of ether oxygens (including phenoxy) is 3. The van der Waals surface area contributed by atoms with E-state index < -0.39 is 11.9 Å². The highest BCUT2D eigenvalue weighted by Gasteiger charge is 2.17. The van der Waals surface area contributed by atoms with Crippen LogP contribution < -0.4 is 10.2 Å². The van der Waals surface area contributed by atoms with E-state index in [2.05, 4.69) is 0 Å². The quantitative estimate of drug-likeness (QED) is 0.570. The standard InChI is InChI=1S/C20H18O8/c1-3-24-18(21)11-26-12-5-6-13-17(9-12)27-10-14(19(13)22)15-7-8-16(28-15)20(23)25-4-2/h5-10H,3-4,11H2,1-2H3. The van der Waals surface area contributed by atoms with Gasteiger partial charge < -0.3 is 23.0 Å². The molecular weight excluding hydrogens is 368 g/mol. The predicted molar refractivity (Wildman–Crippen MR) is 98.3 cm³/mol. The minimum Gasteiger partial charge on any atom is -0.482 e. The molecule has 0 unspecified atom stereocenters. The highest BCUT2D eigenvalue weighted by Crippen LogP contribution is 2.24. The van der Waals surface area contributed by atoms with Crippen LogP contribution in [0.15, 0.2) is 50.2 Å². The minimum absolute atomic E-state index is 0.000870. The van der Waals surface area contributed by atoms with Crippen LogP contribution in [0.1, 0.15) is 24.4 Å². The van der Waals surface area contributed by atoms with Crippen LogP contribution in [0.3, 0.4) is 0 Å². The van der Waals surface area contributed by atoms with Gasteiger partial charge in [-0.3, -0.25) is 4.79 Å². The normalized spacial score (nSPS) is 10.6. The van der Waals surface area contributed by atoms with E-state index in [1.807, 2.05) is 0 Å². The Bertz CT molecular complexity index is 1060. The third-order valence-electron chi connectivity index (χ3n) is 3.76. The van der Waals surface area contributed by atoms with Crippen LogP contribution in [0.5, 0.6) is 5.75 Å². The first-order chi connectivity index (χ1) is 13.5. The van der Waals surface area contributed by atoms with E-state index in [-0.39, 0.29) is 47.9 Å². The predicted octanol–water partition coefficient (Wildman–Crippen LogP) is 3.17. The molecule has 146 valence electrons. The van der Waals surface area contributed by atoms with Gasteiger partial charge in [-0.2, -0.15) is 0 Å². The number of rotatable bonds is 7. The van der Waals surface area contributed by atoms with E-state index in [1.165, 1.54) is 30.5 Å². The Hall–Kier alpha value is -3.55. The fourth-order valence-corrected chi connectivity index (χ4v) is 2.51. The number of esters is 2. The molecule has 2 heterocycles. The fraction of sp³-hybridized carbons (Fsp3) is 0.250. The van der Waals surface area contributed by atoms with Crippen LogP contribution in [-0.4, -0.2) is 31.8 Å². The lowest BCUT2D eigenvalue weighted by Crippen LogP contribution is -2.14. The van der Waals surface area contributed by atoms with Crippen LogP contribution >= 0.6 is 0 Å². The van der Waals surface area contributed by atoms with Crippen LogP contribution in [0.25, 0.3) is 22.3 Å². The van der Waals surface area contributed by atoms with Gasteiger partial charge in [0.1, 0.15) is 28.9 Å². The average Bonchev–Trinajstić information content (AvgIpc) is 3.17. The molecule has 0 spiro atoms. The largest absolute Gasteiger partial charge is 0.482 e. The molecule has 0 aliphatic heterocycles. The number of fused-ring (bicyclic) bond motifs is 1. The molecule has 8 nitrogen and oxygen atoms in total. The Kier molecular flexibility index (Phi) is 5.78. The van der Waals surface area contributed by atoms with Crippen molar-refractivity contribution in [3.8, 4) is 17.1 Å². The summed E-state index contributed by atoms with van der Waals surface area (Å²) in [4.78, 5) is 35.8. The Morgan fingerprint density at radius 3 is 2.57 bits per heavy atom. The lowest BCUT2D eigenvalue weighted by atomic mass is 10.1. The zero-order valence-electron chi connectivity index (χ0n) is 15.4. The van der Waals surface area contributed by atoms with Gasteiger partial charge in [-0.05, 0) is 38.1 Å². The lowest BCUT2D eigenvalue weighted by Gasteiger charge is -2.06. The molecule has 0 saturated carbocycles. The number of hydrogen-bond acceptors (Lipinski definition) is 8. The Balaban J connectivity index is 1.86. The van der Waals surface area contributed by atoms with E-state index in [4.69, 9.17) is 23.0 Å². The number of carbonyl (C=O) groups is 2. The van der Waals surface area contributed by atoms with Crippen LogP contribution in [0.2, 0.25) is 0 Å². The lowest BCUT2D eigenvalue weighted by molar-refractivity contribution is -0.145. The van der Waals surface area contributed by atoms with Gasteiger partial charge in [-0.1, -0.05) is 0 Å². The van der Waals surface area contributed by atoms with Crippen molar-refractivity contribution in [2.45, 2.75) is 13.8 Å². The van der Waals surface area contributed by atoms with Crippen molar-refractivity contribution in [3.05, 3.63) is 52.6 Å². The molecule has 0 amide bonds. The molecule has 0 N–H and O–H groups in total. The molecule has 0 aliphatic carbocycles. The summed E-state index contributed by atoms with van der Waals surface area (Å²) in [5.41, 5.74) is 0.124. The van der Waals surface area contributed by atoms with Crippen molar-refractivity contribution in [1.29, 1.82) is 0 Å². The van der Waals surface area contributed by atoms with Crippen molar-refractivity contribution in [3.63, 3.8) is 0 Å². The number of carbonyl (C=O) groups excluding carboxylic acids is 2. The van der Waals surface area contributed by atoms with Gasteiger partial charge in [-0.25, -0.2) is 9.59 Å². The third kappa shape index (κ3) is 4.06. The van der Waals surface area contributed by atoms with Gasteiger partial charge in [-0.15, -0.1) is 0 Å². The van der Waals surface area contributed by atoms with Gasteiger partial charge in [0.25, 0.3) is 0 Å². The molecular formula is C20H18O8. The monoisotopic (exact) mass is 386 g/mol. The fourth-order valence-electron chi connectivity index (χ4n) is 2.51. The van der Waals surface area contributed by atoms with E-state index in [1.54, 1.807) is 19.9 Å². The van der Waals surface area contributed by atoms with Gasteiger partial charge >= 0.3 is 11.9 Å². The van der Waals surface area contributed by atoms with E-state index in [0.29, 0.717) is 11.1 Å². The first-order valence-electron chi connectivity index (χ1n) is 8.64. The van der Waals surface area contributed by atoms with Crippen LogP contribution in [-0.2, 0) is 14.3 Å². The van der Waals surface area contributed by atoms with Gasteiger partial charge in [0, 0.05) is 6.07 Å². The summed E-state index contributed by atoms with van der Waals surface area (Å²) in [5, 5.41) is 0.301. The summed E-state index contributed by atoms with van der Waals surface area (Å²) in [5.74, 6) is -0.545. The highest BCUT2D eigenvalue weighted by atomic mass is 16.6. The summed E-state index contributed by atoms with van der Waals surface area (Å²) >= 11 is 0. The van der Waals surface area contributed by atoms with E-state index >= 15 is 0 Å². The second-order valence-corrected chi connectivity index (χ2v) is 5.61. The van der Waals surface area contributed by atoms with Gasteiger partial charge in [0.15, 0.2) is 6.61 Å². The van der Waals surface area contributed by atoms with Gasteiger partial charge in [0.2, 0.25) is 11.2 Å². The zero-order valence-corrected chi connectivity index (χ0v) is 15.4. The second kappa shape index (κ2) is 8.43. The molecule has 0 fully saturated rings. The summed E-state index contributed by atoms with van der Waals surface area (Å²) < 4.78 is 25.9. The molecule has 8 heteroatoms. The first-order valence-corrected chi connectivity index (χ1v) is 8.64. The topological polar surface area (TPSA) is 105 Å². The Labute approximate surface area is 159 Å². The summed E-state index contributed by atoms with van der Waals surface area (Å²) in [6.45, 7) is 3.62. The summed E-state index contributed by atoms with van der Waals surface area (Å²) in [6, 6.07) is 7.52. The highest BCUT2D eigenvalue weighted by molar-refractivity contribution is 5.87. The molecule has 0 saturated heterocycles. The molecule has 0 aliphatic rings. The molecule has 0 radical (unpaired) electrons. The van der Waals surface area contributed by atoms with Crippen molar-refractivity contribution < 1.29 is 32.6 Å². The zero-order chi connectivity index (χ0) is 20.1. The summed E-state index contributed by atoms with van der Waals surface area (Å²) in [6.07, 6.45) is 1.24. The maximum absolute atomic E-state index is 12.7. The first kappa shape index (κ1) is 19.2. The maximum atomic E-state index is 12.7. The molecule has 0 bridgehead atoms. The Morgan fingerprint density at radius 1 is 1.04 bits per heavy atom. The van der Waals surface area contributed by atoms with Crippen molar-refractivity contribution in [2.24, 2.45) is 0 Å². The molecule has 2 aromatic heterocycles. The molecule has 1 aromatic carbocycles. The number of benzene rings is 1. The SMILES string of the molecule is CCOC(=O)COc1ccc2c(=O)c(-c3ccc(C(=O)OCC)o3)coc2c1. The second-order valence-electron chi connectivity index (χ2n) is 5.61. The molecule has 3 aromatic rings. The average molecular weight is 386 g/mol. The van der Waals surface area contributed by atoms with Gasteiger partial charge in [0.05, 0.1) is 18.6 Å². The Morgan fingerprint density at radius 2 is 1.82 bits per heavy atom. The molecule has 3 rings (SSSR count). The van der Waals surface area contributed by atoms with Crippen LogP contribution in [0.4, 0.5) is 0 Å². The smallest absolute Gasteiger partial charge is 0.374 e. The molecule has 28 heavy (non-hydrogen) atoms. The third-order valence-corrected chi connectivity index (χ3v) is 3.76. The van der Waals surface area contributed by atoms with Crippen molar-refractivity contribution in [1.82, 2.24) is 0 Å². The molecule has 0 atom stereocenters. The van der Waals surface area contributed by atoms with E-state index in [9.17, 15) is 14.4 Å². The van der Waals surface area contributed by atoms with Crippen molar-refractivity contribution >= 4 is 22.9 Å². The van der Waals surface area contributed by atoms with Crippen molar-refractivity contribution in [2.75, 3.05) is 19.8 Å². The van der Waals surface area contributed by atoms with E-state index in [0.717, 1.165) is 0 Å². The number of furan rings is 1. The maximum Gasteiger partial charge on any atom is 0.374 e. The minimum atomic E-state index is -0.609.